The van der Waals surface area contributed by atoms with Gasteiger partial charge in [-0.2, -0.15) is 0 Å². The van der Waals surface area contributed by atoms with Gasteiger partial charge in [0.2, 0.25) is 5.91 Å². The molecule has 6 heteroatoms. The van der Waals surface area contributed by atoms with E-state index in [1.54, 1.807) is 0 Å². The summed E-state index contributed by atoms with van der Waals surface area (Å²) >= 11 is 0. The van der Waals surface area contributed by atoms with Crippen molar-refractivity contribution in [3.8, 4) is 0 Å². The summed E-state index contributed by atoms with van der Waals surface area (Å²) in [6.07, 6.45) is 54.0. The highest BCUT2D eigenvalue weighted by Crippen LogP contribution is 2.18. The number of aliphatic hydroxyl groups excluding tert-OH is 4. The van der Waals surface area contributed by atoms with Crippen LogP contribution in [0.25, 0.3) is 0 Å². The summed E-state index contributed by atoms with van der Waals surface area (Å²) in [5.41, 5.74) is 0. The van der Waals surface area contributed by atoms with Crippen LogP contribution in [0, 0.1) is 0 Å². The molecule has 0 aromatic rings. The van der Waals surface area contributed by atoms with Gasteiger partial charge in [0.25, 0.3) is 0 Å². The monoisotopic (exact) mass is 822 g/mol. The molecule has 0 aliphatic carbocycles. The Morgan fingerprint density at radius 3 is 1.00 bits per heavy atom. The number of aliphatic hydroxyl groups is 4. The SMILES string of the molecule is CCCCCCCCCCCC/C=C\CCCCCCCCC(O)C(=O)NC(CO)C(O)C(O)CCCCCCCCCCCCCCCCCCCCCCCC. The van der Waals surface area contributed by atoms with Crippen molar-refractivity contribution in [3.63, 3.8) is 0 Å². The average Bonchev–Trinajstić information content (AvgIpc) is 3.23. The predicted octanol–water partition coefficient (Wildman–Crippen LogP) is 14.5. The molecule has 0 rings (SSSR count). The second kappa shape index (κ2) is 47.1. The van der Waals surface area contributed by atoms with Gasteiger partial charge in [-0.3, -0.25) is 4.79 Å². The van der Waals surface area contributed by atoms with E-state index >= 15 is 0 Å². The molecule has 0 aliphatic heterocycles. The zero-order valence-corrected chi connectivity index (χ0v) is 39.1. The Morgan fingerprint density at radius 2 is 0.690 bits per heavy atom. The molecule has 6 nitrogen and oxygen atoms in total. The van der Waals surface area contributed by atoms with Crippen molar-refractivity contribution in [1.82, 2.24) is 5.32 Å². The third kappa shape index (κ3) is 40.5. The van der Waals surface area contributed by atoms with Gasteiger partial charge in [0.1, 0.15) is 12.2 Å². The summed E-state index contributed by atoms with van der Waals surface area (Å²) in [6, 6.07) is -0.985. The number of nitrogens with one attached hydrogen (secondary N) is 1. The first kappa shape index (κ1) is 57.1. The lowest BCUT2D eigenvalue weighted by Crippen LogP contribution is -2.53. The molecular weight excluding hydrogens is 719 g/mol. The molecule has 5 N–H and O–H groups in total. The topological polar surface area (TPSA) is 110 Å². The number of allylic oxidation sites excluding steroid dienone is 2. The molecule has 4 unspecified atom stereocenters. The van der Waals surface area contributed by atoms with Crippen LogP contribution in [0.15, 0.2) is 12.2 Å². The fourth-order valence-corrected chi connectivity index (χ4v) is 8.34. The van der Waals surface area contributed by atoms with Crippen LogP contribution in [0.3, 0.4) is 0 Å². The Labute approximate surface area is 362 Å². The standard InChI is InChI=1S/C52H103NO5/c1-3-5-7-9-11-13-15-17-19-21-23-25-26-28-29-31-33-35-37-39-41-43-45-49(55)51(57)48(47-54)53-52(58)50(56)46-44-42-40-38-36-34-32-30-27-24-22-20-18-16-14-12-10-8-6-4-2/h27,30,48-51,54-57H,3-26,28-29,31-47H2,1-2H3,(H,53,58)/b30-27-. The van der Waals surface area contributed by atoms with Crippen LogP contribution >= 0.6 is 0 Å². The molecule has 0 fully saturated rings. The second-order valence-corrected chi connectivity index (χ2v) is 18.2. The molecule has 1 amide bonds. The summed E-state index contributed by atoms with van der Waals surface area (Å²) in [5, 5.41) is 43.9. The van der Waals surface area contributed by atoms with Crippen LogP contribution < -0.4 is 5.32 Å². The molecule has 0 aromatic heterocycles. The van der Waals surface area contributed by atoms with Gasteiger partial charge >= 0.3 is 0 Å². The van der Waals surface area contributed by atoms with Crippen molar-refractivity contribution >= 4 is 5.91 Å². The van der Waals surface area contributed by atoms with Crippen LogP contribution in [0.2, 0.25) is 0 Å². The summed E-state index contributed by atoms with van der Waals surface area (Å²) in [6.45, 7) is 4.08. The van der Waals surface area contributed by atoms with Gasteiger partial charge in [-0.15, -0.1) is 0 Å². The van der Waals surface area contributed by atoms with E-state index in [4.69, 9.17) is 0 Å². The van der Waals surface area contributed by atoms with Crippen molar-refractivity contribution in [1.29, 1.82) is 0 Å². The number of amides is 1. The first-order chi connectivity index (χ1) is 28.5. The predicted molar refractivity (Wildman–Crippen MR) is 251 cm³/mol. The summed E-state index contributed by atoms with van der Waals surface area (Å²) in [5.74, 6) is -0.584. The Morgan fingerprint density at radius 1 is 0.414 bits per heavy atom. The Balaban J connectivity index is 3.65. The minimum Gasteiger partial charge on any atom is -0.394 e. The first-order valence-electron chi connectivity index (χ1n) is 26.1. The van der Waals surface area contributed by atoms with Crippen LogP contribution in [0.4, 0.5) is 0 Å². The number of hydrogen-bond donors (Lipinski definition) is 5. The quantitative estimate of drug-likeness (QED) is 0.0310. The molecule has 0 aromatic carbocycles. The van der Waals surface area contributed by atoms with Gasteiger partial charge in [-0.1, -0.05) is 257 Å². The molecule has 58 heavy (non-hydrogen) atoms. The zero-order chi connectivity index (χ0) is 42.4. The van der Waals surface area contributed by atoms with E-state index < -0.39 is 36.9 Å². The lowest BCUT2D eigenvalue weighted by atomic mass is 9.99. The lowest BCUT2D eigenvalue weighted by Gasteiger charge is -2.27. The average molecular weight is 822 g/mol. The molecule has 0 saturated carbocycles. The molecule has 0 aliphatic rings. The minimum absolute atomic E-state index is 0.365. The van der Waals surface area contributed by atoms with Crippen molar-refractivity contribution in [3.05, 3.63) is 12.2 Å². The van der Waals surface area contributed by atoms with Crippen molar-refractivity contribution < 1.29 is 25.2 Å². The smallest absolute Gasteiger partial charge is 0.249 e. The van der Waals surface area contributed by atoms with Crippen LogP contribution in [0.5, 0.6) is 0 Å². The fraction of sp³-hybridized carbons (Fsp3) is 0.942. The van der Waals surface area contributed by atoms with Gasteiger partial charge in [-0.05, 0) is 38.5 Å². The van der Waals surface area contributed by atoms with E-state index in [-0.39, 0.29) is 0 Å². The summed E-state index contributed by atoms with van der Waals surface area (Å²) in [4.78, 5) is 12.6. The van der Waals surface area contributed by atoms with Crippen molar-refractivity contribution in [2.75, 3.05) is 6.61 Å². The first-order valence-corrected chi connectivity index (χ1v) is 26.1. The zero-order valence-electron chi connectivity index (χ0n) is 39.1. The van der Waals surface area contributed by atoms with E-state index in [0.29, 0.717) is 12.8 Å². The van der Waals surface area contributed by atoms with Gasteiger partial charge in [-0.25, -0.2) is 0 Å². The number of rotatable bonds is 48. The molecule has 0 bridgehead atoms. The van der Waals surface area contributed by atoms with Gasteiger partial charge < -0.3 is 25.7 Å². The molecule has 0 radical (unpaired) electrons. The Hall–Kier alpha value is -0.950. The van der Waals surface area contributed by atoms with Crippen LogP contribution in [-0.2, 0) is 4.79 Å². The van der Waals surface area contributed by atoms with Crippen LogP contribution in [-0.4, -0.2) is 57.3 Å². The molecular formula is C52H103NO5. The lowest BCUT2D eigenvalue weighted by molar-refractivity contribution is -0.132. The van der Waals surface area contributed by atoms with Crippen LogP contribution in [0.1, 0.15) is 284 Å². The summed E-state index contributed by atoms with van der Waals surface area (Å²) < 4.78 is 0. The highest BCUT2D eigenvalue weighted by atomic mass is 16.3. The number of unbranched alkanes of at least 4 members (excludes halogenated alkanes) is 37. The van der Waals surface area contributed by atoms with E-state index in [1.807, 2.05) is 0 Å². The van der Waals surface area contributed by atoms with Gasteiger partial charge in [0.05, 0.1) is 18.8 Å². The van der Waals surface area contributed by atoms with Crippen molar-refractivity contribution in [2.45, 2.75) is 308 Å². The Bertz CT molecular complexity index is 837. The second-order valence-electron chi connectivity index (χ2n) is 18.2. The largest absolute Gasteiger partial charge is 0.394 e. The number of hydrogen-bond acceptors (Lipinski definition) is 5. The Kier molecular flexibility index (Phi) is 46.3. The molecule has 0 heterocycles. The molecule has 4 atom stereocenters. The van der Waals surface area contributed by atoms with E-state index in [2.05, 4.69) is 31.3 Å². The van der Waals surface area contributed by atoms with E-state index in [0.717, 1.165) is 44.9 Å². The molecule has 0 saturated heterocycles. The summed E-state index contributed by atoms with van der Waals surface area (Å²) in [7, 11) is 0. The third-order valence-corrected chi connectivity index (χ3v) is 12.5. The third-order valence-electron chi connectivity index (χ3n) is 12.5. The van der Waals surface area contributed by atoms with Gasteiger partial charge in [0.15, 0.2) is 0 Å². The highest BCUT2D eigenvalue weighted by Gasteiger charge is 2.28. The van der Waals surface area contributed by atoms with Crippen molar-refractivity contribution in [2.24, 2.45) is 0 Å². The molecule has 346 valence electrons. The molecule has 0 spiro atoms. The highest BCUT2D eigenvalue weighted by molar-refractivity contribution is 5.80. The normalized spacial score (nSPS) is 14.0. The minimum atomic E-state index is -1.26. The van der Waals surface area contributed by atoms with E-state index in [9.17, 15) is 25.2 Å². The van der Waals surface area contributed by atoms with E-state index in [1.165, 1.54) is 212 Å². The maximum absolute atomic E-state index is 12.6. The maximum Gasteiger partial charge on any atom is 0.249 e. The number of carbonyl (C=O) groups excluding carboxylic acids is 1. The fourth-order valence-electron chi connectivity index (χ4n) is 8.34. The number of carbonyl (C=O) groups is 1. The maximum atomic E-state index is 12.6. The van der Waals surface area contributed by atoms with Gasteiger partial charge in [0, 0.05) is 0 Å².